The van der Waals surface area contributed by atoms with E-state index in [9.17, 15) is 14.4 Å². The Balaban J connectivity index is 1.41. The van der Waals surface area contributed by atoms with Crippen molar-refractivity contribution in [2.45, 2.75) is 45.1 Å². The van der Waals surface area contributed by atoms with Crippen LogP contribution in [-0.4, -0.2) is 52.1 Å². The second-order valence-corrected chi connectivity index (χ2v) is 8.67. The number of nitrogens with one attached hydrogen (secondary N) is 1. The van der Waals surface area contributed by atoms with Crippen molar-refractivity contribution in [1.82, 2.24) is 14.8 Å². The monoisotopic (exact) mass is 434 g/mol. The summed E-state index contributed by atoms with van der Waals surface area (Å²) in [5.74, 6) is 0.323. The number of anilines is 1. The molecule has 2 saturated heterocycles. The van der Waals surface area contributed by atoms with Crippen molar-refractivity contribution in [3.05, 3.63) is 59.8 Å². The van der Waals surface area contributed by atoms with E-state index in [1.807, 2.05) is 48.2 Å². The Morgan fingerprint density at radius 3 is 2.44 bits per heavy atom. The first kappa shape index (κ1) is 22.0. The van der Waals surface area contributed by atoms with E-state index in [-0.39, 0.29) is 23.6 Å². The van der Waals surface area contributed by atoms with Gasteiger partial charge in [0.1, 0.15) is 11.9 Å². The zero-order valence-corrected chi connectivity index (χ0v) is 18.5. The number of carbonyl (C=O) groups excluding carboxylic acids is 3. The number of hydrogen-bond donors (Lipinski definition) is 1. The van der Waals surface area contributed by atoms with Gasteiger partial charge in [-0.25, -0.2) is 4.98 Å². The Kier molecular flexibility index (Phi) is 6.83. The van der Waals surface area contributed by atoms with Crippen molar-refractivity contribution in [3.63, 3.8) is 0 Å². The molecule has 1 aromatic heterocycles. The summed E-state index contributed by atoms with van der Waals surface area (Å²) in [4.78, 5) is 46.7. The van der Waals surface area contributed by atoms with Crippen LogP contribution < -0.4 is 5.32 Å². The van der Waals surface area contributed by atoms with Crippen LogP contribution in [0.1, 0.15) is 49.3 Å². The van der Waals surface area contributed by atoms with Crippen LogP contribution in [0.3, 0.4) is 0 Å². The molecule has 0 spiro atoms. The van der Waals surface area contributed by atoms with Crippen LogP contribution in [0.25, 0.3) is 0 Å². The van der Waals surface area contributed by atoms with Gasteiger partial charge in [0.05, 0.1) is 0 Å². The molecule has 2 fully saturated rings. The molecule has 1 aromatic carbocycles. The van der Waals surface area contributed by atoms with Gasteiger partial charge in [0.25, 0.3) is 0 Å². The highest BCUT2D eigenvalue weighted by molar-refractivity contribution is 5.92. The quantitative estimate of drug-likeness (QED) is 0.783. The number of benzene rings is 1. The fourth-order valence-corrected chi connectivity index (χ4v) is 4.50. The first-order chi connectivity index (χ1) is 15.5. The molecule has 4 rings (SSSR count). The zero-order chi connectivity index (χ0) is 22.5. The van der Waals surface area contributed by atoms with E-state index in [1.54, 1.807) is 17.2 Å². The van der Waals surface area contributed by atoms with Crippen LogP contribution in [0.2, 0.25) is 0 Å². The van der Waals surface area contributed by atoms with Crippen LogP contribution in [0.15, 0.2) is 48.7 Å². The van der Waals surface area contributed by atoms with Crippen molar-refractivity contribution in [3.8, 4) is 0 Å². The normalized spacial score (nSPS) is 18.3. The minimum atomic E-state index is -0.592. The van der Waals surface area contributed by atoms with Gasteiger partial charge in [0.2, 0.25) is 17.7 Å². The van der Waals surface area contributed by atoms with E-state index in [2.05, 4.69) is 10.3 Å². The number of nitrogens with zero attached hydrogens (tertiary/aromatic N) is 3. The molecule has 1 unspecified atom stereocenters. The van der Waals surface area contributed by atoms with Gasteiger partial charge in [-0.1, -0.05) is 36.4 Å². The van der Waals surface area contributed by atoms with Gasteiger partial charge in [-0.3, -0.25) is 14.4 Å². The number of amides is 3. The molecule has 168 valence electrons. The predicted molar refractivity (Wildman–Crippen MR) is 122 cm³/mol. The lowest BCUT2D eigenvalue weighted by atomic mass is 9.94. The summed E-state index contributed by atoms with van der Waals surface area (Å²) in [6, 6.07) is 12.7. The second kappa shape index (κ2) is 9.94. The Morgan fingerprint density at radius 2 is 1.78 bits per heavy atom. The largest absolute Gasteiger partial charge is 0.341 e. The van der Waals surface area contributed by atoms with Crippen molar-refractivity contribution in [2.24, 2.45) is 5.92 Å². The maximum atomic E-state index is 13.6. The lowest BCUT2D eigenvalue weighted by molar-refractivity contribution is -0.149. The third kappa shape index (κ3) is 4.98. The molecule has 32 heavy (non-hydrogen) atoms. The van der Waals surface area contributed by atoms with Crippen molar-refractivity contribution in [1.29, 1.82) is 0 Å². The van der Waals surface area contributed by atoms with Gasteiger partial charge < -0.3 is 15.1 Å². The first-order valence-electron chi connectivity index (χ1n) is 11.4. The highest BCUT2D eigenvalue weighted by Crippen LogP contribution is 2.29. The molecule has 1 N–H and O–H groups in total. The molecule has 0 aliphatic carbocycles. The third-order valence-electron chi connectivity index (χ3n) is 6.36. The Morgan fingerprint density at radius 1 is 1.03 bits per heavy atom. The molecule has 2 aliphatic heterocycles. The van der Waals surface area contributed by atoms with Gasteiger partial charge in [-0.05, 0) is 49.8 Å². The van der Waals surface area contributed by atoms with E-state index < -0.39 is 6.04 Å². The van der Waals surface area contributed by atoms with Gasteiger partial charge in [-0.2, -0.15) is 0 Å². The number of hydrogen-bond acceptors (Lipinski definition) is 4. The van der Waals surface area contributed by atoms with E-state index in [0.29, 0.717) is 44.7 Å². The standard InChI is InChI=1S/C25H30N4O3/c1-18-10-11-21(26-17-18)27-24(31)20-12-15-28(16-13-20)25(32)23(19-7-3-2-4-8-19)29-14-6-5-9-22(29)30/h2-4,7-8,10-11,17,20,23H,5-6,9,12-16H2,1H3,(H,26,27,31). The van der Waals surface area contributed by atoms with Crippen molar-refractivity contribution < 1.29 is 14.4 Å². The number of pyridine rings is 1. The molecular weight excluding hydrogens is 404 g/mol. The van der Waals surface area contributed by atoms with E-state index in [4.69, 9.17) is 0 Å². The average molecular weight is 435 g/mol. The molecule has 3 heterocycles. The van der Waals surface area contributed by atoms with E-state index in [1.165, 1.54) is 0 Å². The van der Waals surface area contributed by atoms with Gasteiger partial charge in [0.15, 0.2) is 0 Å². The molecule has 1 atom stereocenters. The Hall–Kier alpha value is -3.22. The smallest absolute Gasteiger partial charge is 0.250 e. The second-order valence-electron chi connectivity index (χ2n) is 8.67. The topological polar surface area (TPSA) is 82.6 Å². The Bertz CT molecular complexity index is 953. The molecule has 7 nitrogen and oxygen atoms in total. The summed E-state index contributed by atoms with van der Waals surface area (Å²) < 4.78 is 0. The fourth-order valence-electron chi connectivity index (χ4n) is 4.50. The number of likely N-dealkylation sites (tertiary alicyclic amines) is 2. The fraction of sp³-hybridized carbons (Fsp3) is 0.440. The molecule has 3 amide bonds. The van der Waals surface area contributed by atoms with Crippen LogP contribution in [0, 0.1) is 12.8 Å². The third-order valence-corrected chi connectivity index (χ3v) is 6.36. The SMILES string of the molecule is Cc1ccc(NC(=O)C2CCN(C(=O)C(c3ccccc3)N3CCCCC3=O)CC2)nc1. The minimum absolute atomic E-state index is 0.0401. The summed E-state index contributed by atoms with van der Waals surface area (Å²) in [6.45, 7) is 3.56. The number of piperidine rings is 2. The van der Waals surface area contributed by atoms with Gasteiger partial charge in [-0.15, -0.1) is 0 Å². The predicted octanol–water partition coefficient (Wildman–Crippen LogP) is 3.32. The maximum Gasteiger partial charge on any atom is 0.250 e. The zero-order valence-electron chi connectivity index (χ0n) is 18.5. The van der Waals surface area contributed by atoms with Gasteiger partial charge >= 0.3 is 0 Å². The lowest BCUT2D eigenvalue weighted by Gasteiger charge is -2.39. The molecule has 0 radical (unpaired) electrons. The average Bonchev–Trinajstić information content (AvgIpc) is 2.82. The molecular formula is C25H30N4O3. The van der Waals surface area contributed by atoms with Crippen molar-refractivity contribution >= 4 is 23.5 Å². The maximum absolute atomic E-state index is 13.6. The lowest BCUT2D eigenvalue weighted by Crippen LogP contribution is -2.49. The summed E-state index contributed by atoms with van der Waals surface area (Å²) in [6.07, 6.45) is 5.20. The number of aryl methyl sites for hydroxylation is 1. The highest BCUT2D eigenvalue weighted by Gasteiger charge is 2.37. The van der Waals surface area contributed by atoms with Crippen molar-refractivity contribution in [2.75, 3.05) is 25.0 Å². The van der Waals surface area contributed by atoms with E-state index >= 15 is 0 Å². The highest BCUT2D eigenvalue weighted by atomic mass is 16.2. The summed E-state index contributed by atoms with van der Waals surface area (Å²) in [5.41, 5.74) is 1.88. The number of rotatable bonds is 5. The first-order valence-corrected chi connectivity index (χ1v) is 11.4. The summed E-state index contributed by atoms with van der Waals surface area (Å²) in [5, 5.41) is 2.88. The summed E-state index contributed by atoms with van der Waals surface area (Å²) in [7, 11) is 0. The van der Waals surface area contributed by atoms with E-state index in [0.717, 1.165) is 24.0 Å². The van der Waals surface area contributed by atoms with Crippen LogP contribution in [0.4, 0.5) is 5.82 Å². The molecule has 0 bridgehead atoms. The molecule has 0 saturated carbocycles. The number of aromatic nitrogens is 1. The summed E-state index contributed by atoms with van der Waals surface area (Å²) >= 11 is 0. The van der Waals surface area contributed by atoms with Gasteiger partial charge in [0, 0.05) is 38.2 Å². The Labute approximate surface area is 188 Å². The molecule has 2 aromatic rings. The molecule has 2 aliphatic rings. The van der Waals surface area contributed by atoms with Crippen LogP contribution >= 0.6 is 0 Å². The number of carbonyl (C=O) groups is 3. The van der Waals surface area contributed by atoms with Crippen LogP contribution in [-0.2, 0) is 14.4 Å². The molecule has 7 heteroatoms. The van der Waals surface area contributed by atoms with Crippen LogP contribution in [0.5, 0.6) is 0 Å². The minimum Gasteiger partial charge on any atom is -0.341 e.